The smallest absolute Gasteiger partial charge is 0.240 e. The van der Waals surface area contributed by atoms with Gasteiger partial charge in [0.05, 0.1) is 12.6 Å². The van der Waals surface area contributed by atoms with Gasteiger partial charge >= 0.3 is 0 Å². The second kappa shape index (κ2) is 6.17. The molecular weight excluding hydrogens is 262 g/mol. The minimum Gasteiger partial charge on any atom is -0.362 e. The Kier molecular flexibility index (Phi) is 4.52. The zero-order chi connectivity index (χ0) is 15.5. The first-order chi connectivity index (χ1) is 9.96. The van der Waals surface area contributed by atoms with E-state index in [4.69, 9.17) is 0 Å². The minimum absolute atomic E-state index is 0.0695. The predicted octanol–water partition coefficient (Wildman–Crippen LogP) is 2.49. The predicted molar refractivity (Wildman–Crippen MR) is 84.0 cm³/mol. The van der Waals surface area contributed by atoms with E-state index < -0.39 is 5.54 Å². The Bertz CT molecular complexity index is 561. The molecule has 1 unspecified atom stereocenters. The van der Waals surface area contributed by atoms with Crippen molar-refractivity contribution in [3.63, 3.8) is 0 Å². The third-order valence-electron chi connectivity index (χ3n) is 4.33. The lowest BCUT2D eigenvalue weighted by Gasteiger charge is -2.33. The summed E-state index contributed by atoms with van der Waals surface area (Å²) in [5.41, 5.74) is 1.62. The third kappa shape index (κ3) is 3.36. The fraction of sp³-hybridized carbons (Fsp3) is 0.529. The Balaban J connectivity index is 2.07. The molecule has 1 aromatic rings. The monoisotopic (exact) mass is 285 g/mol. The molecule has 0 saturated heterocycles. The molecule has 0 fully saturated rings. The van der Waals surface area contributed by atoms with Gasteiger partial charge in [0.25, 0.3) is 0 Å². The fourth-order valence-corrected chi connectivity index (χ4v) is 2.58. The number of hydrogen-bond acceptors (Lipinski definition) is 3. The number of aryl methyl sites for hydroxylation is 1. The van der Waals surface area contributed by atoms with Crippen LogP contribution in [0.3, 0.4) is 0 Å². The summed E-state index contributed by atoms with van der Waals surface area (Å²) in [4.78, 5) is 14.4. The van der Waals surface area contributed by atoms with Gasteiger partial charge in [-0.25, -0.2) is 0 Å². The van der Waals surface area contributed by atoms with Crippen molar-refractivity contribution in [2.75, 3.05) is 18.0 Å². The zero-order valence-electron chi connectivity index (χ0n) is 13.0. The molecule has 1 amide bonds. The Morgan fingerprint density at radius 1 is 1.48 bits per heavy atom. The van der Waals surface area contributed by atoms with Crippen LogP contribution < -0.4 is 10.2 Å². The Labute approximate surface area is 126 Å². The first-order valence-corrected chi connectivity index (χ1v) is 7.51. The van der Waals surface area contributed by atoms with Crippen LogP contribution in [-0.2, 0) is 11.2 Å². The molecule has 21 heavy (non-hydrogen) atoms. The van der Waals surface area contributed by atoms with E-state index in [2.05, 4.69) is 28.4 Å². The fourth-order valence-electron chi connectivity index (χ4n) is 2.58. The summed E-state index contributed by atoms with van der Waals surface area (Å²) in [6.07, 6.45) is 2.13. The second-order valence-corrected chi connectivity index (χ2v) is 6.17. The number of nitrogens with zero attached hydrogens (tertiary/aromatic N) is 2. The summed E-state index contributed by atoms with van der Waals surface area (Å²) >= 11 is 0. The highest BCUT2D eigenvalue weighted by atomic mass is 16.2. The van der Waals surface area contributed by atoms with Crippen LogP contribution in [0.4, 0.5) is 5.69 Å². The highest BCUT2D eigenvalue weighted by Crippen LogP contribution is 2.26. The van der Waals surface area contributed by atoms with Crippen LogP contribution in [0.1, 0.15) is 32.8 Å². The van der Waals surface area contributed by atoms with Gasteiger partial charge in [-0.3, -0.25) is 4.79 Å². The number of carbonyl (C=O) groups excluding carboxylic acids is 1. The molecule has 1 aromatic carbocycles. The molecule has 1 heterocycles. The van der Waals surface area contributed by atoms with Crippen molar-refractivity contribution in [3.8, 4) is 6.07 Å². The van der Waals surface area contributed by atoms with Crippen LogP contribution in [-0.4, -0.2) is 24.5 Å². The molecule has 0 aliphatic carbocycles. The molecule has 1 aliphatic heterocycles. The van der Waals surface area contributed by atoms with E-state index in [-0.39, 0.29) is 11.8 Å². The van der Waals surface area contributed by atoms with Gasteiger partial charge in [0, 0.05) is 12.2 Å². The molecule has 2 rings (SSSR count). The number of benzene rings is 1. The number of fused-ring (bicyclic) bond motifs is 1. The molecule has 0 spiro atoms. The molecule has 4 nitrogen and oxygen atoms in total. The maximum Gasteiger partial charge on any atom is 0.240 e. The van der Waals surface area contributed by atoms with Crippen LogP contribution in [0.2, 0.25) is 0 Å². The number of carbonyl (C=O) groups is 1. The van der Waals surface area contributed by atoms with Crippen molar-refractivity contribution in [2.45, 2.75) is 39.2 Å². The average molecular weight is 285 g/mol. The van der Waals surface area contributed by atoms with Crippen LogP contribution in [0.5, 0.6) is 0 Å². The third-order valence-corrected chi connectivity index (χ3v) is 4.33. The van der Waals surface area contributed by atoms with Crippen LogP contribution in [0, 0.1) is 17.2 Å². The molecule has 1 N–H and O–H groups in total. The van der Waals surface area contributed by atoms with E-state index in [9.17, 15) is 10.1 Å². The lowest BCUT2D eigenvalue weighted by Crippen LogP contribution is -2.52. The van der Waals surface area contributed by atoms with Gasteiger partial charge in [0.15, 0.2) is 0 Å². The standard InChI is InChI=1S/C17H23N3O/c1-13(2)17(3,12-18)19-16(21)11-20-10-6-8-14-7-4-5-9-15(14)20/h4-5,7,9,13H,6,8,10-11H2,1-3H3,(H,19,21). The highest BCUT2D eigenvalue weighted by Gasteiger charge is 2.30. The van der Waals surface area contributed by atoms with Crippen LogP contribution >= 0.6 is 0 Å². The quantitative estimate of drug-likeness (QED) is 0.924. The topological polar surface area (TPSA) is 56.1 Å². The number of nitrogens with one attached hydrogen (secondary N) is 1. The molecule has 0 bridgehead atoms. The second-order valence-electron chi connectivity index (χ2n) is 6.17. The van der Waals surface area contributed by atoms with Crippen molar-refractivity contribution >= 4 is 11.6 Å². The molecule has 4 heteroatoms. The minimum atomic E-state index is -0.813. The molecule has 1 atom stereocenters. The van der Waals surface area contributed by atoms with E-state index in [0.717, 1.165) is 25.1 Å². The molecule has 0 saturated carbocycles. The summed E-state index contributed by atoms with van der Waals surface area (Å²) in [5, 5.41) is 12.2. The summed E-state index contributed by atoms with van der Waals surface area (Å²) in [6.45, 7) is 6.86. The van der Waals surface area contributed by atoms with Gasteiger partial charge in [-0.05, 0) is 37.3 Å². The molecule has 0 radical (unpaired) electrons. The first-order valence-electron chi connectivity index (χ1n) is 7.51. The summed E-state index contributed by atoms with van der Waals surface area (Å²) < 4.78 is 0. The maximum atomic E-state index is 12.3. The average Bonchev–Trinajstić information content (AvgIpc) is 2.47. The van der Waals surface area contributed by atoms with Gasteiger partial charge in [-0.15, -0.1) is 0 Å². The Morgan fingerprint density at radius 2 is 2.19 bits per heavy atom. The van der Waals surface area contributed by atoms with Gasteiger partial charge in [0.1, 0.15) is 5.54 Å². The van der Waals surface area contributed by atoms with Gasteiger partial charge in [0.2, 0.25) is 5.91 Å². The Morgan fingerprint density at radius 3 is 2.86 bits per heavy atom. The first kappa shape index (κ1) is 15.4. The van der Waals surface area contributed by atoms with E-state index in [0.29, 0.717) is 6.54 Å². The van der Waals surface area contributed by atoms with Crippen molar-refractivity contribution in [3.05, 3.63) is 29.8 Å². The van der Waals surface area contributed by atoms with Gasteiger partial charge < -0.3 is 10.2 Å². The van der Waals surface area contributed by atoms with Crippen molar-refractivity contribution in [1.82, 2.24) is 5.32 Å². The largest absolute Gasteiger partial charge is 0.362 e. The number of amides is 1. The number of para-hydroxylation sites is 1. The van der Waals surface area contributed by atoms with E-state index in [1.54, 1.807) is 6.92 Å². The summed E-state index contributed by atoms with van der Waals surface area (Å²) in [6, 6.07) is 10.4. The van der Waals surface area contributed by atoms with Crippen LogP contribution in [0.25, 0.3) is 0 Å². The van der Waals surface area contributed by atoms with Crippen molar-refractivity contribution in [2.24, 2.45) is 5.92 Å². The van der Waals surface area contributed by atoms with E-state index in [1.807, 2.05) is 26.0 Å². The lowest BCUT2D eigenvalue weighted by molar-refractivity contribution is -0.121. The summed E-state index contributed by atoms with van der Waals surface area (Å²) in [5.74, 6) is -0.0236. The molecular formula is C17H23N3O. The molecule has 0 aromatic heterocycles. The number of anilines is 1. The van der Waals surface area contributed by atoms with E-state index >= 15 is 0 Å². The van der Waals surface area contributed by atoms with Crippen LogP contribution in [0.15, 0.2) is 24.3 Å². The highest BCUT2D eigenvalue weighted by molar-refractivity contribution is 5.83. The molecule has 1 aliphatic rings. The SMILES string of the molecule is CC(C)C(C)(C#N)NC(=O)CN1CCCc2ccccc21. The number of hydrogen-bond donors (Lipinski definition) is 1. The normalized spacial score (nSPS) is 16.8. The van der Waals surface area contributed by atoms with E-state index in [1.165, 1.54) is 5.56 Å². The zero-order valence-corrected chi connectivity index (χ0v) is 13.0. The number of nitriles is 1. The van der Waals surface area contributed by atoms with Gasteiger partial charge in [-0.2, -0.15) is 5.26 Å². The lowest BCUT2D eigenvalue weighted by atomic mass is 9.90. The Hall–Kier alpha value is -2.02. The van der Waals surface area contributed by atoms with Crippen molar-refractivity contribution < 1.29 is 4.79 Å². The van der Waals surface area contributed by atoms with Crippen molar-refractivity contribution in [1.29, 1.82) is 5.26 Å². The molecule has 112 valence electrons. The number of rotatable bonds is 4. The summed E-state index contributed by atoms with van der Waals surface area (Å²) in [7, 11) is 0. The van der Waals surface area contributed by atoms with Gasteiger partial charge in [-0.1, -0.05) is 32.0 Å². The maximum absolute atomic E-state index is 12.3.